The lowest BCUT2D eigenvalue weighted by atomic mass is 9.93. The number of rotatable bonds is 8. The van der Waals surface area contributed by atoms with Crippen molar-refractivity contribution < 1.29 is 24.1 Å². The third-order valence-corrected chi connectivity index (χ3v) is 5.25. The topological polar surface area (TPSA) is 115 Å². The highest BCUT2D eigenvalue weighted by Crippen LogP contribution is 2.28. The highest BCUT2D eigenvalue weighted by atomic mass is 19.1. The molecule has 3 aromatic carbocycles. The van der Waals surface area contributed by atoms with Crippen LogP contribution in [0.3, 0.4) is 0 Å². The van der Waals surface area contributed by atoms with E-state index in [0.717, 1.165) is 4.68 Å². The number of hydrogen-bond donors (Lipinski definition) is 2. The van der Waals surface area contributed by atoms with Crippen LogP contribution in [0.4, 0.5) is 4.39 Å². The highest BCUT2D eigenvalue weighted by molar-refractivity contribution is 5.76. The third-order valence-electron chi connectivity index (χ3n) is 5.25. The Bertz CT molecular complexity index is 1320. The maximum atomic E-state index is 13.0. The molecule has 8 nitrogen and oxygen atoms in total. The van der Waals surface area contributed by atoms with Crippen LogP contribution in [0.25, 0.3) is 10.9 Å². The van der Waals surface area contributed by atoms with Gasteiger partial charge in [-0.15, -0.1) is 5.10 Å². The molecule has 0 aliphatic rings. The molecule has 1 unspecified atom stereocenters. The lowest BCUT2D eigenvalue weighted by Gasteiger charge is -2.20. The molecule has 9 heteroatoms. The first-order valence-corrected chi connectivity index (χ1v) is 10.2. The Balaban J connectivity index is 1.46. The largest absolute Gasteiger partial charge is 0.481 e. The lowest BCUT2D eigenvalue weighted by molar-refractivity contribution is -0.146. The van der Waals surface area contributed by atoms with Gasteiger partial charge in [0.15, 0.2) is 0 Å². The summed E-state index contributed by atoms with van der Waals surface area (Å²) in [6.45, 7) is -0.0174. The molecule has 0 amide bonds. The second-order valence-corrected chi connectivity index (χ2v) is 7.44. The number of halogens is 1. The smallest absolute Gasteiger partial charge is 0.309 e. The Morgan fingerprint density at radius 1 is 1.00 bits per heavy atom. The predicted molar refractivity (Wildman–Crippen MR) is 117 cm³/mol. The van der Waals surface area contributed by atoms with Crippen LogP contribution in [0.1, 0.15) is 18.1 Å². The zero-order valence-corrected chi connectivity index (χ0v) is 17.3. The summed E-state index contributed by atoms with van der Waals surface area (Å²) in [4.78, 5) is 24.4. The molecular weight excluding hydrogens is 429 g/mol. The van der Waals surface area contributed by atoms with Crippen LogP contribution < -0.4 is 10.3 Å². The lowest BCUT2D eigenvalue weighted by Crippen LogP contribution is -2.29. The summed E-state index contributed by atoms with van der Waals surface area (Å²) in [5.41, 5.74) is 0.462. The number of aliphatic hydroxyl groups excluding tert-OH is 1. The number of carboxylic acid groups (broad SMARTS) is 1. The molecule has 4 aromatic rings. The van der Waals surface area contributed by atoms with E-state index in [1.165, 1.54) is 24.3 Å². The van der Waals surface area contributed by atoms with Crippen LogP contribution in [0, 0.1) is 11.7 Å². The van der Waals surface area contributed by atoms with Gasteiger partial charge in [0.05, 0.1) is 17.4 Å². The number of fused-ring (bicyclic) bond motifs is 1. The first-order chi connectivity index (χ1) is 15.9. The quantitative estimate of drug-likeness (QED) is 0.423. The molecule has 0 bridgehead atoms. The number of carboxylic acids is 1. The maximum absolute atomic E-state index is 13.0. The van der Waals surface area contributed by atoms with Gasteiger partial charge in [-0.1, -0.05) is 29.5 Å². The molecular formula is C24H20FN3O5. The van der Waals surface area contributed by atoms with E-state index in [1.807, 2.05) is 0 Å². The van der Waals surface area contributed by atoms with Gasteiger partial charge in [0, 0.05) is 6.54 Å². The van der Waals surface area contributed by atoms with Crippen LogP contribution in [0.2, 0.25) is 0 Å². The molecule has 0 fully saturated rings. The Kier molecular flexibility index (Phi) is 6.41. The Hall–Kier alpha value is -4.11. The number of carbonyl (C=O) groups is 1. The fourth-order valence-electron chi connectivity index (χ4n) is 3.45. The van der Waals surface area contributed by atoms with E-state index in [4.69, 9.17) is 4.74 Å². The summed E-state index contributed by atoms with van der Waals surface area (Å²) in [7, 11) is 0. The number of aryl methyl sites for hydroxylation is 1. The van der Waals surface area contributed by atoms with Gasteiger partial charge in [-0.25, -0.2) is 9.07 Å². The van der Waals surface area contributed by atoms with Gasteiger partial charge in [-0.3, -0.25) is 9.59 Å². The molecule has 4 rings (SSSR count). The van der Waals surface area contributed by atoms with Crippen LogP contribution in [0.15, 0.2) is 77.6 Å². The molecule has 168 valence electrons. The fraction of sp³-hybridized carbons (Fsp3) is 0.167. The van der Waals surface area contributed by atoms with Crippen molar-refractivity contribution in [2.75, 3.05) is 0 Å². The number of aliphatic carboxylic acids is 1. The van der Waals surface area contributed by atoms with Crippen molar-refractivity contribution in [1.82, 2.24) is 15.0 Å². The predicted octanol–water partition coefficient (Wildman–Crippen LogP) is 3.55. The molecule has 2 atom stereocenters. The first kappa shape index (κ1) is 22.1. The zero-order chi connectivity index (χ0) is 23.4. The van der Waals surface area contributed by atoms with Gasteiger partial charge < -0.3 is 14.9 Å². The minimum absolute atomic E-state index is 0.0174. The number of nitrogens with zero attached hydrogens (tertiary/aromatic N) is 3. The molecule has 0 radical (unpaired) electrons. The molecule has 1 aromatic heterocycles. The van der Waals surface area contributed by atoms with Gasteiger partial charge in [-0.2, -0.15) is 0 Å². The average molecular weight is 449 g/mol. The second kappa shape index (κ2) is 9.58. The summed E-state index contributed by atoms with van der Waals surface area (Å²) in [6.07, 6.45) is -1.34. The summed E-state index contributed by atoms with van der Waals surface area (Å²) in [5, 5.41) is 28.6. The van der Waals surface area contributed by atoms with Gasteiger partial charge in [0.1, 0.15) is 22.8 Å². The summed E-state index contributed by atoms with van der Waals surface area (Å²) in [6, 6.07) is 18.5. The van der Waals surface area contributed by atoms with E-state index in [2.05, 4.69) is 10.3 Å². The van der Waals surface area contributed by atoms with E-state index in [0.29, 0.717) is 28.0 Å². The Morgan fingerprint density at radius 2 is 1.64 bits per heavy atom. The van der Waals surface area contributed by atoms with Crippen LogP contribution in [-0.2, 0) is 11.3 Å². The minimum Gasteiger partial charge on any atom is -0.481 e. The van der Waals surface area contributed by atoms with Crippen LogP contribution in [0.5, 0.6) is 11.5 Å². The molecule has 0 saturated carbocycles. The molecule has 1 heterocycles. The number of benzene rings is 3. The Morgan fingerprint density at radius 3 is 2.30 bits per heavy atom. The summed E-state index contributed by atoms with van der Waals surface area (Å²) >= 11 is 0. The molecule has 0 saturated heterocycles. The van der Waals surface area contributed by atoms with Crippen LogP contribution >= 0.6 is 0 Å². The summed E-state index contributed by atoms with van der Waals surface area (Å²) in [5.74, 6) is -1.86. The van der Waals surface area contributed by atoms with E-state index in [9.17, 15) is 24.2 Å². The van der Waals surface area contributed by atoms with Crippen molar-refractivity contribution >= 4 is 16.9 Å². The number of ether oxygens (including phenoxy) is 1. The Labute approximate surface area is 187 Å². The second-order valence-electron chi connectivity index (χ2n) is 7.44. The maximum Gasteiger partial charge on any atom is 0.309 e. The monoisotopic (exact) mass is 449 g/mol. The highest BCUT2D eigenvalue weighted by Gasteiger charge is 2.28. The minimum atomic E-state index is -1.31. The van der Waals surface area contributed by atoms with Gasteiger partial charge in [0.2, 0.25) is 0 Å². The van der Waals surface area contributed by atoms with E-state index >= 15 is 0 Å². The summed E-state index contributed by atoms with van der Waals surface area (Å²) < 4.78 is 19.7. The van der Waals surface area contributed by atoms with Gasteiger partial charge >= 0.3 is 5.97 Å². The first-order valence-electron chi connectivity index (χ1n) is 10.2. The molecule has 33 heavy (non-hydrogen) atoms. The molecule has 2 N–H and O–H groups in total. The van der Waals surface area contributed by atoms with Crippen molar-refractivity contribution in [3.05, 3.63) is 94.5 Å². The van der Waals surface area contributed by atoms with Gasteiger partial charge in [0.25, 0.3) is 5.56 Å². The third kappa shape index (κ3) is 5.04. The SMILES string of the molecule is O=C(O)[C@@H](CCn1nnc2ccccc2c1=O)C(O)c1ccc(Oc2ccc(F)cc2)cc1. The van der Waals surface area contributed by atoms with E-state index < -0.39 is 18.0 Å². The molecule has 0 aliphatic carbocycles. The molecule has 0 spiro atoms. The van der Waals surface area contributed by atoms with Gasteiger partial charge in [-0.05, 0) is 60.5 Å². The van der Waals surface area contributed by atoms with Crippen molar-refractivity contribution in [3.8, 4) is 11.5 Å². The number of hydrogen-bond acceptors (Lipinski definition) is 6. The van der Waals surface area contributed by atoms with Crippen molar-refractivity contribution in [2.24, 2.45) is 5.92 Å². The van der Waals surface area contributed by atoms with E-state index in [1.54, 1.807) is 48.5 Å². The number of aromatic nitrogens is 3. The zero-order valence-electron chi connectivity index (χ0n) is 17.3. The normalized spacial score (nSPS) is 12.9. The van der Waals surface area contributed by atoms with E-state index in [-0.39, 0.29) is 24.3 Å². The van der Waals surface area contributed by atoms with Crippen molar-refractivity contribution in [3.63, 3.8) is 0 Å². The fourth-order valence-corrected chi connectivity index (χ4v) is 3.45. The molecule has 0 aliphatic heterocycles. The standard InChI is InChI=1S/C24H20FN3O5/c25-16-7-11-18(12-8-16)33-17-9-5-15(6-10-17)22(29)20(24(31)32)13-14-28-23(30)19-3-1-2-4-21(19)26-27-28/h1-12,20,22,29H,13-14H2,(H,31,32)/t20-,22?/m0/s1. The average Bonchev–Trinajstić information content (AvgIpc) is 2.82. The van der Waals surface area contributed by atoms with Crippen molar-refractivity contribution in [2.45, 2.75) is 19.1 Å². The number of aliphatic hydroxyl groups is 1. The van der Waals surface area contributed by atoms with Crippen molar-refractivity contribution in [1.29, 1.82) is 0 Å². The van der Waals surface area contributed by atoms with Crippen LogP contribution in [-0.4, -0.2) is 31.2 Å².